The predicted octanol–water partition coefficient (Wildman–Crippen LogP) is 2.61. The molecule has 3 rings (SSSR count). The van der Waals surface area contributed by atoms with E-state index in [1.54, 1.807) is 23.8 Å². The normalized spacial score (nSPS) is 10.7. The lowest BCUT2D eigenvalue weighted by Crippen LogP contribution is -2.13. The Morgan fingerprint density at radius 1 is 1.27 bits per heavy atom. The molecule has 1 aromatic carbocycles. The van der Waals surface area contributed by atoms with Crippen molar-refractivity contribution in [2.45, 2.75) is 13.8 Å². The molecule has 1 amide bonds. The molecule has 0 bridgehead atoms. The Morgan fingerprint density at radius 3 is 2.82 bits per heavy atom. The van der Waals surface area contributed by atoms with Crippen LogP contribution in [0.25, 0.3) is 5.65 Å². The second-order valence-electron chi connectivity index (χ2n) is 4.99. The highest BCUT2D eigenvalue weighted by Crippen LogP contribution is 2.24. The molecule has 0 aliphatic rings. The molecule has 0 spiro atoms. The Morgan fingerprint density at radius 2 is 2.05 bits per heavy atom. The summed E-state index contributed by atoms with van der Waals surface area (Å²) in [4.78, 5) is 16.9. The highest BCUT2D eigenvalue weighted by molar-refractivity contribution is 6.08. The lowest BCUT2D eigenvalue weighted by atomic mass is 10.2. The molecule has 0 aliphatic heterocycles. The topological polar surface area (TPSA) is 68.5 Å². The maximum atomic E-state index is 12.5. The number of anilines is 1. The number of para-hydroxylation sites is 2. The summed E-state index contributed by atoms with van der Waals surface area (Å²) in [5, 5.41) is 7.06. The quantitative estimate of drug-likeness (QED) is 0.806. The first-order valence-electron chi connectivity index (χ1n) is 6.86. The second kappa shape index (κ2) is 5.48. The fourth-order valence-electron chi connectivity index (χ4n) is 2.37. The van der Waals surface area contributed by atoms with Crippen molar-refractivity contribution in [2.24, 2.45) is 0 Å². The van der Waals surface area contributed by atoms with Crippen molar-refractivity contribution in [3.05, 3.63) is 53.5 Å². The molecule has 112 valence electrons. The number of fused-ring (bicyclic) bond motifs is 1. The van der Waals surface area contributed by atoms with Gasteiger partial charge in [-0.3, -0.25) is 4.79 Å². The molecule has 0 atom stereocenters. The van der Waals surface area contributed by atoms with E-state index in [1.165, 1.54) is 6.20 Å². The predicted molar refractivity (Wildman–Crippen MR) is 83.4 cm³/mol. The van der Waals surface area contributed by atoms with Gasteiger partial charge in [0, 0.05) is 11.4 Å². The third-order valence-corrected chi connectivity index (χ3v) is 3.38. The van der Waals surface area contributed by atoms with Crippen LogP contribution in [0.2, 0.25) is 0 Å². The van der Waals surface area contributed by atoms with E-state index in [-0.39, 0.29) is 5.91 Å². The summed E-state index contributed by atoms with van der Waals surface area (Å²) in [5.41, 5.74) is 3.36. The van der Waals surface area contributed by atoms with Gasteiger partial charge in [0.05, 0.1) is 19.0 Å². The van der Waals surface area contributed by atoms with Crippen molar-refractivity contribution in [3.8, 4) is 5.75 Å². The molecule has 0 unspecified atom stereocenters. The van der Waals surface area contributed by atoms with Crippen molar-refractivity contribution in [1.29, 1.82) is 0 Å². The van der Waals surface area contributed by atoms with Crippen molar-refractivity contribution in [1.82, 2.24) is 14.6 Å². The SMILES string of the molecule is COc1ccccc1NC(=O)c1cnn2c(C)cc(C)nc12. The molecular weight excluding hydrogens is 280 g/mol. The van der Waals surface area contributed by atoms with Crippen LogP contribution in [0.3, 0.4) is 0 Å². The number of hydrogen-bond acceptors (Lipinski definition) is 4. The zero-order valence-electron chi connectivity index (χ0n) is 12.6. The summed E-state index contributed by atoms with van der Waals surface area (Å²) in [6.45, 7) is 3.82. The zero-order valence-corrected chi connectivity index (χ0v) is 12.6. The van der Waals surface area contributed by atoms with Gasteiger partial charge in [0.1, 0.15) is 11.3 Å². The van der Waals surface area contributed by atoms with E-state index in [4.69, 9.17) is 4.74 Å². The largest absolute Gasteiger partial charge is 0.495 e. The Kier molecular flexibility index (Phi) is 3.50. The number of nitrogens with one attached hydrogen (secondary N) is 1. The van der Waals surface area contributed by atoms with Gasteiger partial charge in [-0.25, -0.2) is 9.50 Å². The number of ether oxygens (including phenoxy) is 1. The minimum absolute atomic E-state index is 0.267. The van der Waals surface area contributed by atoms with E-state index in [0.717, 1.165) is 11.4 Å². The standard InChI is InChI=1S/C16H16N4O2/c1-10-8-11(2)20-15(18-10)12(9-17-20)16(21)19-13-6-4-5-7-14(13)22-3/h4-9H,1-3H3,(H,19,21). The zero-order chi connectivity index (χ0) is 15.7. The molecule has 2 aromatic heterocycles. The molecule has 2 heterocycles. The van der Waals surface area contributed by atoms with Crippen LogP contribution in [-0.2, 0) is 0 Å². The second-order valence-corrected chi connectivity index (χ2v) is 4.99. The van der Waals surface area contributed by atoms with Gasteiger partial charge >= 0.3 is 0 Å². The van der Waals surface area contributed by atoms with Gasteiger partial charge in [-0.15, -0.1) is 0 Å². The van der Waals surface area contributed by atoms with Gasteiger partial charge in [0.25, 0.3) is 5.91 Å². The number of nitrogens with zero attached hydrogens (tertiary/aromatic N) is 3. The molecule has 0 saturated heterocycles. The third-order valence-electron chi connectivity index (χ3n) is 3.38. The Labute approximate surface area is 127 Å². The Balaban J connectivity index is 1.99. The van der Waals surface area contributed by atoms with E-state index in [0.29, 0.717) is 22.6 Å². The average Bonchev–Trinajstić information content (AvgIpc) is 2.92. The summed E-state index contributed by atoms with van der Waals surface area (Å²) in [6.07, 6.45) is 1.53. The number of carbonyl (C=O) groups excluding carboxylic acids is 1. The fourth-order valence-corrected chi connectivity index (χ4v) is 2.37. The molecule has 6 heteroatoms. The van der Waals surface area contributed by atoms with Crippen molar-refractivity contribution < 1.29 is 9.53 Å². The lowest BCUT2D eigenvalue weighted by Gasteiger charge is -2.09. The molecule has 0 aliphatic carbocycles. The van der Waals surface area contributed by atoms with E-state index in [2.05, 4.69) is 15.4 Å². The lowest BCUT2D eigenvalue weighted by molar-refractivity contribution is 0.102. The van der Waals surface area contributed by atoms with Crippen molar-refractivity contribution in [3.63, 3.8) is 0 Å². The van der Waals surface area contributed by atoms with Crippen molar-refractivity contribution in [2.75, 3.05) is 12.4 Å². The van der Waals surface area contributed by atoms with Gasteiger partial charge in [-0.1, -0.05) is 12.1 Å². The van der Waals surface area contributed by atoms with Crippen LogP contribution in [0.1, 0.15) is 21.7 Å². The summed E-state index contributed by atoms with van der Waals surface area (Å²) < 4.78 is 6.89. The first kappa shape index (κ1) is 14.1. The molecule has 3 aromatic rings. The summed E-state index contributed by atoms with van der Waals surface area (Å²) in [6, 6.07) is 9.17. The van der Waals surface area contributed by atoms with E-state index in [9.17, 15) is 4.79 Å². The monoisotopic (exact) mass is 296 g/mol. The van der Waals surface area contributed by atoms with E-state index >= 15 is 0 Å². The van der Waals surface area contributed by atoms with Gasteiger partial charge in [-0.2, -0.15) is 5.10 Å². The van der Waals surface area contributed by atoms with Gasteiger partial charge in [0.15, 0.2) is 5.65 Å². The van der Waals surface area contributed by atoms with Gasteiger partial charge in [-0.05, 0) is 32.0 Å². The molecule has 1 N–H and O–H groups in total. The third kappa shape index (κ3) is 2.39. The Hall–Kier alpha value is -2.89. The molecule has 6 nitrogen and oxygen atoms in total. The molecule has 0 radical (unpaired) electrons. The van der Waals surface area contributed by atoms with E-state index < -0.39 is 0 Å². The maximum Gasteiger partial charge on any atom is 0.261 e. The average molecular weight is 296 g/mol. The number of amides is 1. The number of carbonyl (C=O) groups is 1. The van der Waals surface area contributed by atoms with Gasteiger partial charge in [0.2, 0.25) is 0 Å². The molecular formula is C16H16N4O2. The summed E-state index contributed by atoms with van der Waals surface area (Å²) in [7, 11) is 1.56. The fraction of sp³-hybridized carbons (Fsp3) is 0.188. The number of benzene rings is 1. The van der Waals surface area contributed by atoms with Crippen LogP contribution in [0.5, 0.6) is 5.75 Å². The number of methoxy groups -OCH3 is 1. The smallest absolute Gasteiger partial charge is 0.261 e. The van der Waals surface area contributed by atoms with Crippen LogP contribution in [0, 0.1) is 13.8 Å². The summed E-state index contributed by atoms with van der Waals surface area (Å²) in [5.74, 6) is 0.338. The van der Waals surface area contributed by atoms with Crippen molar-refractivity contribution >= 4 is 17.2 Å². The van der Waals surface area contributed by atoms with Crippen LogP contribution < -0.4 is 10.1 Å². The number of hydrogen-bond donors (Lipinski definition) is 1. The van der Waals surface area contributed by atoms with Crippen LogP contribution in [-0.4, -0.2) is 27.6 Å². The number of aryl methyl sites for hydroxylation is 2. The minimum atomic E-state index is -0.267. The number of rotatable bonds is 3. The highest BCUT2D eigenvalue weighted by atomic mass is 16.5. The maximum absolute atomic E-state index is 12.5. The first-order chi connectivity index (χ1) is 10.6. The van der Waals surface area contributed by atoms with Gasteiger partial charge < -0.3 is 10.1 Å². The van der Waals surface area contributed by atoms with E-state index in [1.807, 2.05) is 32.0 Å². The number of aromatic nitrogens is 3. The highest BCUT2D eigenvalue weighted by Gasteiger charge is 2.16. The minimum Gasteiger partial charge on any atom is -0.495 e. The summed E-state index contributed by atoms with van der Waals surface area (Å²) >= 11 is 0. The van der Waals surface area contributed by atoms with Crippen LogP contribution in [0.4, 0.5) is 5.69 Å². The first-order valence-corrected chi connectivity index (χ1v) is 6.86. The molecule has 22 heavy (non-hydrogen) atoms. The molecule has 0 saturated carbocycles. The van der Waals surface area contributed by atoms with Crippen LogP contribution >= 0.6 is 0 Å². The van der Waals surface area contributed by atoms with Crippen LogP contribution in [0.15, 0.2) is 36.5 Å². The Bertz CT molecular complexity index is 854. The molecule has 0 fully saturated rings.